The average molecular weight is 392 g/mol. The fourth-order valence-corrected chi connectivity index (χ4v) is 3.41. The first kappa shape index (κ1) is 17.0. The van der Waals surface area contributed by atoms with E-state index in [4.69, 9.17) is 4.74 Å². The molecule has 1 heterocycles. The lowest BCUT2D eigenvalue weighted by Crippen LogP contribution is -2.35. The van der Waals surface area contributed by atoms with Crippen molar-refractivity contribution in [2.75, 3.05) is 7.05 Å². The molecule has 1 aliphatic rings. The van der Waals surface area contributed by atoms with Crippen LogP contribution in [0.15, 0.2) is 35.1 Å². The highest BCUT2D eigenvalue weighted by atomic mass is 79.9. The number of rotatable bonds is 4. The third-order valence-corrected chi connectivity index (χ3v) is 5.20. The number of ether oxygens (including phenoxy) is 1. The van der Waals surface area contributed by atoms with E-state index in [9.17, 15) is 4.79 Å². The van der Waals surface area contributed by atoms with Gasteiger partial charge < -0.3 is 14.2 Å². The fraction of sp³-hybridized carbons (Fsp3) is 0.444. The van der Waals surface area contributed by atoms with E-state index in [0.717, 1.165) is 34.3 Å². The smallest absolute Gasteiger partial charge is 0.410 e. The van der Waals surface area contributed by atoms with Gasteiger partial charge in [0.2, 0.25) is 0 Å². The molecule has 0 saturated heterocycles. The fourth-order valence-electron chi connectivity index (χ4n) is 3.15. The summed E-state index contributed by atoms with van der Waals surface area (Å²) in [5, 5.41) is 0. The topological polar surface area (TPSA) is 47.4 Å². The molecule has 1 aromatic carbocycles. The lowest BCUT2D eigenvalue weighted by atomic mass is 10.1. The summed E-state index contributed by atoms with van der Waals surface area (Å²) in [5.41, 5.74) is 2.75. The summed E-state index contributed by atoms with van der Waals surface area (Å²) >= 11 is 3.44. The molecule has 0 unspecified atom stereocenters. The van der Waals surface area contributed by atoms with Crippen LogP contribution < -0.4 is 0 Å². The molecule has 0 atom stereocenters. The second-order valence-electron chi connectivity index (χ2n) is 6.26. The highest BCUT2D eigenvalue weighted by Crippen LogP contribution is 2.26. The average Bonchev–Trinajstić information content (AvgIpc) is 3.23. The van der Waals surface area contributed by atoms with E-state index in [2.05, 4.69) is 20.9 Å². The first-order valence-electron chi connectivity index (χ1n) is 8.22. The zero-order valence-corrected chi connectivity index (χ0v) is 15.6. The van der Waals surface area contributed by atoms with Gasteiger partial charge in [-0.15, -0.1) is 0 Å². The standard InChI is InChI=1S/C18H22BrN3O2/c1-21-12-20-17(13-7-9-14(19)10-8-13)16(21)11-24-18(23)22(2)15-5-3-4-6-15/h7-10,12,15H,3-6,11H2,1-2H3. The van der Waals surface area contributed by atoms with Crippen molar-refractivity contribution in [1.29, 1.82) is 0 Å². The lowest BCUT2D eigenvalue weighted by molar-refractivity contribution is 0.0902. The van der Waals surface area contributed by atoms with Gasteiger partial charge in [-0.2, -0.15) is 0 Å². The van der Waals surface area contributed by atoms with Crippen molar-refractivity contribution in [2.24, 2.45) is 7.05 Å². The predicted molar refractivity (Wildman–Crippen MR) is 96.5 cm³/mol. The Balaban J connectivity index is 1.70. The van der Waals surface area contributed by atoms with E-state index >= 15 is 0 Å². The van der Waals surface area contributed by atoms with E-state index in [1.165, 1.54) is 12.8 Å². The van der Waals surface area contributed by atoms with Crippen LogP contribution in [0.25, 0.3) is 11.3 Å². The van der Waals surface area contributed by atoms with Gasteiger partial charge in [-0.05, 0) is 25.0 Å². The van der Waals surface area contributed by atoms with Crippen molar-refractivity contribution in [3.8, 4) is 11.3 Å². The number of imidazole rings is 1. The van der Waals surface area contributed by atoms with Crippen LogP contribution in [-0.4, -0.2) is 33.6 Å². The molecule has 6 heteroatoms. The number of halogens is 1. The molecule has 128 valence electrons. The summed E-state index contributed by atoms with van der Waals surface area (Å²) in [6.07, 6.45) is 6.02. The largest absolute Gasteiger partial charge is 0.443 e. The van der Waals surface area contributed by atoms with Crippen molar-refractivity contribution < 1.29 is 9.53 Å². The summed E-state index contributed by atoms with van der Waals surface area (Å²) in [5.74, 6) is 0. The second-order valence-corrected chi connectivity index (χ2v) is 7.18. The van der Waals surface area contributed by atoms with Gasteiger partial charge in [-0.3, -0.25) is 0 Å². The van der Waals surface area contributed by atoms with Crippen LogP contribution >= 0.6 is 15.9 Å². The first-order valence-corrected chi connectivity index (χ1v) is 9.01. The molecule has 0 aliphatic heterocycles. The number of benzene rings is 1. The maximum absolute atomic E-state index is 12.3. The molecule has 0 N–H and O–H groups in total. The second kappa shape index (κ2) is 7.38. The van der Waals surface area contributed by atoms with E-state index in [1.807, 2.05) is 42.9 Å². The summed E-state index contributed by atoms with van der Waals surface area (Å²) in [6, 6.07) is 8.28. The summed E-state index contributed by atoms with van der Waals surface area (Å²) in [4.78, 5) is 18.5. The van der Waals surface area contributed by atoms with Gasteiger partial charge in [0.05, 0.1) is 17.7 Å². The minimum absolute atomic E-state index is 0.220. The van der Waals surface area contributed by atoms with Crippen LogP contribution in [0.3, 0.4) is 0 Å². The van der Waals surface area contributed by atoms with Gasteiger partial charge in [0, 0.05) is 30.2 Å². The van der Waals surface area contributed by atoms with Crippen LogP contribution in [0.1, 0.15) is 31.4 Å². The maximum atomic E-state index is 12.3. The normalized spacial score (nSPS) is 14.8. The van der Waals surface area contributed by atoms with Crippen molar-refractivity contribution in [2.45, 2.75) is 38.3 Å². The number of amides is 1. The predicted octanol–water partition coefficient (Wildman–Crippen LogP) is 4.36. The number of aryl methyl sites for hydroxylation is 1. The van der Waals surface area contributed by atoms with E-state index in [-0.39, 0.29) is 12.7 Å². The summed E-state index contributed by atoms with van der Waals surface area (Å²) < 4.78 is 8.47. The number of hydrogen-bond donors (Lipinski definition) is 0. The van der Waals surface area contributed by atoms with Gasteiger partial charge in [-0.1, -0.05) is 40.9 Å². The van der Waals surface area contributed by atoms with Crippen LogP contribution in [0.2, 0.25) is 0 Å². The molecule has 1 amide bonds. The zero-order valence-electron chi connectivity index (χ0n) is 14.0. The molecule has 1 aliphatic carbocycles. The number of carbonyl (C=O) groups is 1. The summed E-state index contributed by atoms with van der Waals surface area (Å²) in [6.45, 7) is 0.220. The molecule has 5 nitrogen and oxygen atoms in total. The Kier molecular flexibility index (Phi) is 5.23. The molecule has 3 rings (SSSR count). The molecule has 0 spiro atoms. The number of hydrogen-bond acceptors (Lipinski definition) is 3. The molecular weight excluding hydrogens is 370 g/mol. The van der Waals surface area contributed by atoms with Gasteiger partial charge in [0.15, 0.2) is 0 Å². The van der Waals surface area contributed by atoms with Crippen molar-refractivity contribution in [3.63, 3.8) is 0 Å². The minimum atomic E-state index is -0.259. The minimum Gasteiger partial charge on any atom is -0.443 e. The van der Waals surface area contributed by atoms with Crippen LogP contribution in [-0.2, 0) is 18.4 Å². The molecule has 1 aromatic heterocycles. The number of nitrogens with zero attached hydrogens (tertiary/aromatic N) is 3. The van der Waals surface area contributed by atoms with Gasteiger partial charge in [0.25, 0.3) is 0 Å². The Morgan fingerprint density at radius 2 is 2.00 bits per heavy atom. The Morgan fingerprint density at radius 1 is 1.33 bits per heavy atom. The molecule has 0 radical (unpaired) electrons. The first-order chi connectivity index (χ1) is 11.6. The van der Waals surface area contributed by atoms with Gasteiger partial charge in [-0.25, -0.2) is 9.78 Å². The van der Waals surface area contributed by atoms with E-state index in [0.29, 0.717) is 6.04 Å². The zero-order chi connectivity index (χ0) is 17.1. The Bertz CT molecular complexity index is 706. The van der Waals surface area contributed by atoms with Crippen molar-refractivity contribution >= 4 is 22.0 Å². The van der Waals surface area contributed by atoms with Crippen LogP contribution in [0.4, 0.5) is 4.79 Å². The third-order valence-electron chi connectivity index (χ3n) is 4.67. The highest BCUT2D eigenvalue weighted by molar-refractivity contribution is 9.10. The van der Waals surface area contributed by atoms with Crippen molar-refractivity contribution in [3.05, 3.63) is 40.8 Å². The SMILES string of the molecule is CN(C(=O)OCc1c(-c2ccc(Br)cc2)ncn1C)C1CCCC1. The van der Waals surface area contributed by atoms with Gasteiger partial charge in [0.1, 0.15) is 6.61 Å². The van der Waals surface area contributed by atoms with Gasteiger partial charge >= 0.3 is 6.09 Å². The molecule has 2 aromatic rings. The molecule has 0 bridgehead atoms. The molecule has 1 fully saturated rings. The summed E-state index contributed by atoms with van der Waals surface area (Å²) in [7, 11) is 3.75. The monoisotopic (exact) mass is 391 g/mol. The lowest BCUT2D eigenvalue weighted by Gasteiger charge is -2.23. The van der Waals surface area contributed by atoms with Crippen LogP contribution in [0.5, 0.6) is 0 Å². The maximum Gasteiger partial charge on any atom is 0.410 e. The molecule has 1 saturated carbocycles. The third kappa shape index (κ3) is 3.64. The highest BCUT2D eigenvalue weighted by Gasteiger charge is 2.25. The molecular formula is C18H22BrN3O2. The Hall–Kier alpha value is -1.82. The van der Waals surface area contributed by atoms with Crippen LogP contribution in [0, 0.1) is 0 Å². The van der Waals surface area contributed by atoms with E-state index in [1.54, 1.807) is 11.2 Å². The number of carbonyl (C=O) groups excluding carboxylic acids is 1. The number of aromatic nitrogens is 2. The van der Waals surface area contributed by atoms with Crippen molar-refractivity contribution in [1.82, 2.24) is 14.5 Å². The van der Waals surface area contributed by atoms with E-state index < -0.39 is 0 Å². The Morgan fingerprint density at radius 3 is 2.67 bits per heavy atom. The Labute approximate surface area is 150 Å². The quantitative estimate of drug-likeness (QED) is 0.777. The molecule has 24 heavy (non-hydrogen) atoms.